The first kappa shape index (κ1) is 19.6. The molecule has 0 aliphatic carbocycles. The number of aromatic nitrogens is 1. The van der Waals surface area contributed by atoms with Crippen LogP contribution in [0.5, 0.6) is 0 Å². The van der Waals surface area contributed by atoms with Crippen LogP contribution in [0, 0.1) is 32.6 Å². The lowest BCUT2D eigenvalue weighted by Gasteiger charge is -2.18. The minimum Gasteiger partial charge on any atom is -0.298 e. The maximum absolute atomic E-state index is 11.3. The standard InChI is InChI=1S/C21H23NO.CH4/c1-14-11-15(2)18(16(3)12-14)8-9-19-17(13-23)7-10-20(22-19)21(4,5)6;/h7,10-13H,1-6H3;1H4. The number of aldehydes is 1. The highest BCUT2D eigenvalue weighted by molar-refractivity contribution is 5.78. The highest BCUT2D eigenvalue weighted by atomic mass is 16.1. The number of hydrogen-bond donors (Lipinski definition) is 0. The zero-order valence-electron chi connectivity index (χ0n) is 14.7. The number of hydrogen-bond acceptors (Lipinski definition) is 2. The molecule has 0 unspecified atom stereocenters. The van der Waals surface area contributed by atoms with Crippen molar-refractivity contribution in [3.05, 3.63) is 63.5 Å². The molecule has 0 N–H and O–H groups in total. The van der Waals surface area contributed by atoms with Crippen molar-refractivity contribution < 1.29 is 4.79 Å². The van der Waals surface area contributed by atoms with E-state index in [0.29, 0.717) is 11.3 Å². The first-order chi connectivity index (χ1) is 10.7. The van der Waals surface area contributed by atoms with Crippen LogP contribution in [0.4, 0.5) is 0 Å². The van der Waals surface area contributed by atoms with Gasteiger partial charge in [0.2, 0.25) is 0 Å². The second kappa shape index (κ2) is 7.45. The fourth-order valence-corrected chi connectivity index (χ4v) is 2.58. The van der Waals surface area contributed by atoms with E-state index in [-0.39, 0.29) is 12.8 Å². The van der Waals surface area contributed by atoms with Gasteiger partial charge in [-0.05, 0) is 50.0 Å². The second-order valence-corrected chi connectivity index (χ2v) is 7.03. The first-order valence-electron chi connectivity index (χ1n) is 7.79. The lowest BCUT2D eigenvalue weighted by molar-refractivity contribution is 0.112. The maximum Gasteiger partial charge on any atom is 0.152 e. The van der Waals surface area contributed by atoms with Crippen LogP contribution in [0.25, 0.3) is 0 Å². The molecule has 2 heteroatoms. The predicted octanol–water partition coefficient (Wildman–Crippen LogP) is 5.15. The monoisotopic (exact) mass is 321 g/mol. The van der Waals surface area contributed by atoms with Gasteiger partial charge in [-0.1, -0.05) is 51.8 Å². The lowest BCUT2D eigenvalue weighted by Crippen LogP contribution is -2.14. The average Bonchev–Trinajstić information content (AvgIpc) is 2.44. The Morgan fingerprint density at radius 2 is 1.58 bits per heavy atom. The Morgan fingerprint density at radius 1 is 1.00 bits per heavy atom. The second-order valence-electron chi connectivity index (χ2n) is 7.03. The van der Waals surface area contributed by atoms with Crippen LogP contribution >= 0.6 is 0 Å². The molecule has 126 valence electrons. The minimum atomic E-state index is -0.0759. The molecule has 24 heavy (non-hydrogen) atoms. The molecule has 0 aliphatic rings. The summed E-state index contributed by atoms with van der Waals surface area (Å²) in [7, 11) is 0. The highest BCUT2D eigenvalue weighted by Gasteiger charge is 2.16. The molecule has 0 atom stereocenters. The van der Waals surface area contributed by atoms with Crippen LogP contribution in [-0.2, 0) is 5.41 Å². The van der Waals surface area contributed by atoms with Crippen LogP contribution in [0.1, 0.15) is 72.2 Å². The molecule has 2 nitrogen and oxygen atoms in total. The molecule has 1 aromatic heterocycles. The van der Waals surface area contributed by atoms with Crippen LogP contribution < -0.4 is 0 Å². The zero-order chi connectivity index (χ0) is 17.2. The summed E-state index contributed by atoms with van der Waals surface area (Å²) in [6.07, 6.45) is 0.818. The van der Waals surface area contributed by atoms with Crippen molar-refractivity contribution >= 4 is 6.29 Å². The van der Waals surface area contributed by atoms with Gasteiger partial charge in [-0.15, -0.1) is 0 Å². The van der Waals surface area contributed by atoms with E-state index in [4.69, 9.17) is 0 Å². The van der Waals surface area contributed by atoms with Gasteiger partial charge in [0.25, 0.3) is 0 Å². The van der Waals surface area contributed by atoms with E-state index in [0.717, 1.165) is 28.7 Å². The normalized spacial score (nSPS) is 10.4. The van der Waals surface area contributed by atoms with Gasteiger partial charge in [0.05, 0.1) is 0 Å². The predicted molar refractivity (Wildman–Crippen MR) is 102 cm³/mol. The molecule has 0 aliphatic heterocycles. The summed E-state index contributed by atoms with van der Waals surface area (Å²) in [6, 6.07) is 7.95. The Kier molecular flexibility index (Phi) is 6.10. The molecule has 0 bridgehead atoms. The van der Waals surface area contributed by atoms with Crippen LogP contribution in [0.15, 0.2) is 24.3 Å². The third-order valence-electron chi connectivity index (χ3n) is 3.80. The Labute approximate surface area is 146 Å². The largest absolute Gasteiger partial charge is 0.298 e. The molecule has 2 aromatic rings. The number of rotatable bonds is 1. The molecular weight excluding hydrogens is 294 g/mol. The highest BCUT2D eigenvalue weighted by Crippen LogP contribution is 2.21. The quantitative estimate of drug-likeness (QED) is 0.537. The molecule has 0 amide bonds. The van der Waals surface area contributed by atoms with Gasteiger partial charge in [-0.2, -0.15) is 0 Å². The minimum absolute atomic E-state index is 0. The number of benzene rings is 1. The van der Waals surface area contributed by atoms with E-state index in [9.17, 15) is 4.79 Å². The molecule has 1 aromatic carbocycles. The van der Waals surface area contributed by atoms with E-state index >= 15 is 0 Å². The number of carbonyl (C=O) groups excluding carboxylic acids is 1. The van der Waals surface area contributed by atoms with Crippen molar-refractivity contribution in [2.45, 2.75) is 54.4 Å². The number of carbonyl (C=O) groups is 1. The van der Waals surface area contributed by atoms with Gasteiger partial charge in [-0.3, -0.25) is 4.79 Å². The summed E-state index contributed by atoms with van der Waals surface area (Å²) in [5, 5.41) is 0. The molecule has 0 spiro atoms. The Bertz CT molecular complexity index is 791. The molecular formula is C22H27NO. The van der Waals surface area contributed by atoms with Gasteiger partial charge in [0, 0.05) is 22.2 Å². The van der Waals surface area contributed by atoms with Crippen LogP contribution in [0.3, 0.4) is 0 Å². The molecule has 0 saturated carbocycles. The fourth-order valence-electron chi connectivity index (χ4n) is 2.58. The molecule has 1 heterocycles. The Balaban J connectivity index is 0.00000288. The van der Waals surface area contributed by atoms with Gasteiger partial charge in [0.15, 0.2) is 6.29 Å². The summed E-state index contributed by atoms with van der Waals surface area (Å²) in [4.78, 5) is 15.9. The summed E-state index contributed by atoms with van der Waals surface area (Å²) in [5.41, 5.74) is 6.48. The van der Waals surface area contributed by atoms with E-state index in [1.165, 1.54) is 5.56 Å². The van der Waals surface area contributed by atoms with Gasteiger partial charge < -0.3 is 0 Å². The van der Waals surface area contributed by atoms with Crippen molar-refractivity contribution in [2.24, 2.45) is 0 Å². The van der Waals surface area contributed by atoms with Gasteiger partial charge in [0.1, 0.15) is 5.69 Å². The number of nitrogens with zero attached hydrogens (tertiary/aromatic N) is 1. The third-order valence-corrected chi connectivity index (χ3v) is 3.80. The summed E-state index contributed by atoms with van der Waals surface area (Å²) in [6.45, 7) is 12.5. The van der Waals surface area contributed by atoms with E-state index in [1.807, 2.05) is 6.07 Å². The maximum atomic E-state index is 11.3. The average molecular weight is 321 g/mol. The van der Waals surface area contributed by atoms with Crippen molar-refractivity contribution in [3.8, 4) is 11.8 Å². The van der Waals surface area contributed by atoms with E-state index in [1.54, 1.807) is 6.07 Å². The van der Waals surface area contributed by atoms with E-state index in [2.05, 4.69) is 70.5 Å². The SMILES string of the molecule is C.Cc1cc(C)c(C#Cc2nc(C(C)(C)C)ccc2C=O)c(C)c1. The molecule has 0 radical (unpaired) electrons. The summed E-state index contributed by atoms with van der Waals surface area (Å²) >= 11 is 0. The molecule has 2 rings (SSSR count). The fraction of sp³-hybridized carbons (Fsp3) is 0.364. The Hall–Kier alpha value is -2.40. The zero-order valence-corrected chi connectivity index (χ0v) is 14.7. The van der Waals surface area contributed by atoms with Gasteiger partial charge in [-0.25, -0.2) is 4.98 Å². The van der Waals surface area contributed by atoms with Gasteiger partial charge >= 0.3 is 0 Å². The third kappa shape index (κ3) is 4.32. The lowest BCUT2D eigenvalue weighted by atomic mass is 9.91. The van der Waals surface area contributed by atoms with Crippen molar-refractivity contribution in [2.75, 3.05) is 0 Å². The summed E-state index contributed by atoms with van der Waals surface area (Å²) < 4.78 is 0. The van der Waals surface area contributed by atoms with Crippen molar-refractivity contribution in [1.82, 2.24) is 4.98 Å². The topological polar surface area (TPSA) is 30.0 Å². The van der Waals surface area contributed by atoms with Crippen LogP contribution in [-0.4, -0.2) is 11.3 Å². The van der Waals surface area contributed by atoms with E-state index < -0.39 is 0 Å². The van der Waals surface area contributed by atoms with Crippen molar-refractivity contribution in [3.63, 3.8) is 0 Å². The number of aryl methyl sites for hydroxylation is 3. The first-order valence-corrected chi connectivity index (χ1v) is 7.79. The van der Waals surface area contributed by atoms with Crippen molar-refractivity contribution in [1.29, 1.82) is 0 Å². The van der Waals surface area contributed by atoms with Crippen LogP contribution in [0.2, 0.25) is 0 Å². The number of pyridine rings is 1. The smallest absolute Gasteiger partial charge is 0.152 e. The summed E-state index contributed by atoms with van der Waals surface area (Å²) in [5.74, 6) is 6.31. The molecule has 0 saturated heterocycles. The Morgan fingerprint density at radius 3 is 2.08 bits per heavy atom. The molecule has 0 fully saturated rings.